The molecule has 0 spiro atoms. The van der Waals surface area contributed by atoms with E-state index in [2.05, 4.69) is 0 Å². The highest BCUT2D eigenvalue weighted by Gasteiger charge is 2.26. The predicted molar refractivity (Wildman–Crippen MR) is 97.4 cm³/mol. The second-order valence-corrected chi connectivity index (χ2v) is 6.07. The molecule has 0 radical (unpaired) electrons. The van der Waals surface area contributed by atoms with E-state index in [0.29, 0.717) is 44.1 Å². The molecule has 1 aromatic carbocycles. The summed E-state index contributed by atoms with van der Waals surface area (Å²) in [4.78, 5) is 39.0. The largest absolute Gasteiger partial charge is 0.479 e. The van der Waals surface area contributed by atoms with Gasteiger partial charge >= 0.3 is 12.1 Å². The van der Waals surface area contributed by atoms with E-state index in [9.17, 15) is 14.4 Å². The molecule has 1 aliphatic rings. The maximum absolute atomic E-state index is 12.2. The fourth-order valence-electron chi connectivity index (χ4n) is 2.55. The van der Waals surface area contributed by atoms with E-state index in [1.807, 2.05) is 6.07 Å². The summed E-state index contributed by atoms with van der Waals surface area (Å²) in [5.41, 5.74) is 0.483. The third kappa shape index (κ3) is 5.87. The lowest BCUT2D eigenvalue weighted by Gasteiger charge is -2.33. The van der Waals surface area contributed by atoms with Crippen LogP contribution in [0.5, 0.6) is 5.75 Å². The third-order valence-corrected chi connectivity index (χ3v) is 4.12. The van der Waals surface area contributed by atoms with E-state index in [-0.39, 0.29) is 12.5 Å². The zero-order valence-electron chi connectivity index (χ0n) is 15.9. The first-order chi connectivity index (χ1) is 13.4. The highest BCUT2D eigenvalue weighted by atomic mass is 16.6. The number of carbonyl (C=O) groups is 3. The van der Waals surface area contributed by atoms with Crippen LogP contribution in [0.4, 0.5) is 4.79 Å². The van der Waals surface area contributed by atoms with E-state index >= 15 is 0 Å². The minimum Gasteiger partial charge on any atom is -0.479 e. The molecule has 2 amide bonds. The molecule has 0 bridgehead atoms. The van der Waals surface area contributed by atoms with Gasteiger partial charge in [0.05, 0.1) is 18.2 Å². The van der Waals surface area contributed by atoms with E-state index < -0.39 is 18.2 Å². The van der Waals surface area contributed by atoms with Gasteiger partial charge in [0.25, 0.3) is 5.91 Å². The summed E-state index contributed by atoms with van der Waals surface area (Å²) in [6.07, 6.45) is -1.30. The minimum atomic E-state index is -0.901. The van der Waals surface area contributed by atoms with Crippen molar-refractivity contribution in [3.8, 4) is 11.8 Å². The summed E-state index contributed by atoms with van der Waals surface area (Å²) in [5, 5.41) is 8.77. The molecule has 0 N–H and O–H groups in total. The van der Waals surface area contributed by atoms with Gasteiger partial charge in [0.1, 0.15) is 5.75 Å². The molecule has 0 aromatic heterocycles. The molecule has 1 atom stereocenters. The fourth-order valence-corrected chi connectivity index (χ4v) is 2.55. The zero-order chi connectivity index (χ0) is 20.5. The molecular formula is C19H23N3O6. The number of amides is 2. The number of esters is 1. The summed E-state index contributed by atoms with van der Waals surface area (Å²) in [7, 11) is 0. The minimum absolute atomic E-state index is 0.302. The van der Waals surface area contributed by atoms with Crippen LogP contribution in [0, 0.1) is 11.3 Å². The maximum atomic E-state index is 12.2. The number of piperazine rings is 1. The van der Waals surface area contributed by atoms with Gasteiger partial charge in [-0.05, 0) is 38.1 Å². The number of nitriles is 1. The smallest absolute Gasteiger partial charge is 0.409 e. The summed E-state index contributed by atoms with van der Waals surface area (Å²) in [6.45, 7) is 4.61. The van der Waals surface area contributed by atoms with Gasteiger partial charge in [0, 0.05) is 26.2 Å². The van der Waals surface area contributed by atoms with Crippen LogP contribution in [-0.2, 0) is 19.1 Å². The Morgan fingerprint density at radius 1 is 1.07 bits per heavy atom. The van der Waals surface area contributed by atoms with Gasteiger partial charge in [-0.15, -0.1) is 0 Å². The van der Waals surface area contributed by atoms with Crippen molar-refractivity contribution in [1.29, 1.82) is 5.26 Å². The van der Waals surface area contributed by atoms with Crippen LogP contribution < -0.4 is 4.74 Å². The molecule has 9 nitrogen and oxygen atoms in total. The first-order valence-electron chi connectivity index (χ1n) is 8.97. The second-order valence-electron chi connectivity index (χ2n) is 6.07. The van der Waals surface area contributed by atoms with Crippen LogP contribution in [0.2, 0.25) is 0 Å². The molecule has 0 aliphatic carbocycles. The molecule has 0 saturated carbocycles. The number of carbonyl (C=O) groups excluding carboxylic acids is 3. The normalized spacial score (nSPS) is 14.6. The Bertz CT molecular complexity index is 735. The van der Waals surface area contributed by atoms with Crippen molar-refractivity contribution in [2.45, 2.75) is 20.0 Å². The Hall–Kier alpha value is -3.28. The lowest BCUT2D eigenvalue weighted by atomic mass is 10.2. The molecule has 28 heavy (non-hydrogen) atoms. The van der Waals surface area contributed by atoms with Gasteiger partial charge in [0.15, 0.2) is 12.7 Å². The average molecular weight is 389 g/mol. The van der Waals surface area contributed by atoms with Gasteiger partial charge in [0.2, 0.25) is 0 Å². The average Bonchev–Trinajstić information content (AvgIpc) is 2.72. The van der Waals surface area contributed by atoms with Crippen LogP contribution in [0.25, 0.3) is 0 Å². The third-order valence-electron chi connectivity index (χ3n) is 4.12. The zero-order valence-corrected chi connectivity index (χ0v) is 15.9. The van der Waals surface area contributed by atoms with Gasteiger partial charge < -0.3 is 24.0 Å². The van der Waals surface area contributed by atoms with Crippen LogP contribution in [0.15, 0.2) is 24.3 Å². The Morgan fingerprint density at radius 3 is 2.25 bits per heavy atom. The number of hydrogen-bond acceptors (Lipinski definition) is 7. The van der Waals surface area contributed by atoms with Crippen LogP contribution in [0.3, 0.4) is 0 Å². The Balaban J connectivity index is 1.73. The summed E-state index contributed by atoms with van der Waals surface area (Å²) in [5.74, 6) is -0.574. The monoisotopic (exact) mass is 389 g/mol. The second kappa shape index (κ2) is 10.2. The summed E-state index contributed by atoms with van der Waals surface area (Å²) >= 11 is 0. The summed E-state index contributed by atoms with van der Waals surface area (Å²) < 4.78 is 15.4. The Morgan fingerprint density at radius 2 is 1.68 bits per heavy atom. The molecule has 1 fully saturated rings. The molecule has 2 rings (SSSR count). The van der Waals surface area contributed by atoms with Gasteiger partial charge in [-0.1, -0.05) is 0 Å². The molecule has 9 heteroatoms. The van der Waals surface area contributed by atoms with Crippen LogP contribution in [0.1, 0.15) is 19.4 Å². The molecule has 0 unspecified atom stereocenters. The fraction of sp³-hybridized carbons (Fsp3) is 0.474. The number of ether oxygens (including phenoxy) is 3. The van der Waals surface area contributed by atoms with Crippen LogP contribution >= 0.6 is 0 Å². The lowest BCUT2D eigenvalue weighted by molar-refractivity contribution is -0.157. The molecule has 1 aliphatic heterocycles. The van der Waals surface area contributed by atoms with E-state index in [1.165, 1.54) is 16.7 Å². The highest BCUT2D eigenvalue weighted by molar-refractivity contribution is 5.82. The molecular weight excluding hydrogens is 366 g/mol. The quantitative estimate of drug-likeness (QED) is 0.672. The Labute approximate surface area is 163 Å². The topological polar surface area (TPSA) is 109 Å². The van der Waals surface area contributed by atoms with Crippen LogP contribution in [-0.4, -0.2) is 73.3 Å². The molecule has 1 saturated heterocycles. The van der Waals surface area contributed by atoms with Crippen molar-refractivity contribution in [2.24, 2.45) is 0 Å². The first kappa shape index (κ1) is 21.0. The molecule has 150 valence electrons. The predicted octanol–water partition coefficient (Wildman–Crippen LogP) is 1.17. The number of rotatable bonds is 6. The van der Waals surface area contributed by atoms with Crippen molar-refractivity contribution in [1.82, 2.24) is 9.80 Å². The van der Waals surface area contributed by atoms with Gasteiger partial charge in [-0.25, -0.2) is 9.59 Å². The van der Waals surface area contributed by atoms with Crippen molar-refractivity contribution in [3.63, 3.8) is 0 Å². The number of nitrogens with zero attached hydrogens (tertiary/aromatic N) is 3. The van der Waals surface area contributed by atoms with E-state index in [0.717, 1.165) is 0 Å². The van der Waals surface area contributed by atoms with E-state index in [1.54, 1.807) is 31.2 Å². The highest BCUT2D eigenvalue weighted by Crippen LogP contribution is 2.14. The lowest BCUT2D eigenvalue weighted by Crippen LogP contribution is -2.51. The van der Waals surface area contributed by atoms with Gasteiger partial charge in [-0.3, -0.25) is 4.79 Å². The summed E-state index contributed by atoms with van der Waals surface area (Å²) in [6, 6.07) is 8.30. The number of hydrogen-bond donors (Lipinski definition) is 0. The van der Waals surface area contributed by atoms with Crippen molar-refractivity contribution < 1.29 is 28.6 Å². The van der Waals surface area contributed by atoms with Gasteiger partial charge in [-0.2, -0.15) is 5.26 Å². The standard InChI is InChI=1S/C19H23N3O6/c1-3-26-19(25)22-10-8-21(9-11-22)17(23)13-27-18(24)14(2)28-16-6-4-15(12-20)5-7-16/h4-7,14H,3,8-11,13H2,1-2H3/t14-/m1/s1. The number of benzene rings is 1. The Kier molecular flexibility index (Phi) is 7.63. The molecule has 1 aromatic rings. The SMILES string of the molecule is CCOC(=O)N1CCN(C(=O)COC(=O)[C@@H](C)Oc2ccc(C#N)cc2)CC1. The van der Waals surface area contributed by atoms with E-state index in [4.69, 9.17) is 19.5 Å². The maximum Gasteiger partial charge on any atom is 0.409 e. The van der Waals surface area contributed by atoms with Crippen molar-refractivity contribution in [3.05, 3.63) is 29.8 Å². The van der Waals surface area contributed by atoms with Crippen molar-refractivity contribution >= 4 is 18.0 Å². The molecule has 1 heterocycles. The van der Waals surface area contributed by atoms with Crippen molar-refractivity contribution in [2.75, 3.05) is 39.4 Å². The first-order valence-corrected chi connectivity index (χ1v) is 8.97.